The molecule has 1 fully saturated rings. The van der Waals surface area contributed by atoms with E-state index in [1.807, 2.05) is 36.4 Å². The van der Waals surface area contributed by atoms with E-state index in [9.17, 15) is 14.9 Å². The lowest BCUT2D eigenvalue weighted by Gasteiger charge is -2.25. The van der Waals surface area contributed by atoms with Gasteiger partial charge in [-0.15, -0.1) is 0 Å². The van der Waals surface area contributed by atoms with Crippen LogP contribution in [0.1, 0.15) is 26.7 Å². The van der Waals surface area contributed by atoms with Gasteiger partial charge in [-0.1, -0.05) is 18.2 Å². The largest absolute Gasteiger partial charge is 0.457 e. The number of hydrogen-bond acceptors (Lipinski definition) is 8. The van der Waals surface area contributed by atoms with E-state index in [4.69, 9.17) is 16.2 Å². The average molecular weight is 539 g/mol. The molecule has 0 saturated carbocycles. The van der Waals surface area contributed by atoms with Crippen LogP contribution < -0.4 is 21.9 Å². The summed E-state index contributed by atoms with van der Waals surface area (Å²) in [6, 6.07) is 18.1. The minimum absolute atomic E-state index is 0.0152. The van der Waals surface area contributed by atoms with E-state index in [0.717, 1.165) is 6.42 Å². The third-order valence-electron chi connectivity index (χ3n) is 6.71. The van der Waals surface area contributed by atoms with Crippen LogP contribution in [0, 0.1) is 11.3 Å². The number of aromatic nitrogens is 4. The quantitative estimate of drug-likeness (QED) is 0.268. The zero-order valence-corrected chi connectivity index (χ0v) is 22.3. The first-order chi connectivity index (χ1) is 19.2. The predicted molar refractivity (Wildman–Crippen MR) is 151 cm³/mol. The fourth-order valence-corrected chi connectivity index (χ4v) is 4.97. The summed E-state index contributed by atoms with van der Waals surface area (Å²) < 4.78 is 8.87. The topological polar surface area (TPSA) is 158 Å². The lowest BCUT2D eigenvalue weighted by atomic mass is 10.0. The molecule has 11 heteroatoms. The van der Waals surface area contributed by atoms with Crippen molar-refractivity contribution in [1.82, 2.24) is 24.0 Å². The summed E-state index contributed by atoms with van der Waals surface area (Å²) in [7, 11) is 0. The third-order valence-corrected chi connectivity index (χ3v) is 6.71. The number of fused-ring (bicyclic) bond motifs is 1. The Morgan fingerprint density at radius 2 is 1.85 bits per heavy atom. The number of para-hydroxylation sites is 1. The monoisotopic (exact) mass is 538 g/mol. The number of nitrogens with zero attached hydrogens (tertiary/aromatic N) is 6. The lowest BCUT2D eigenvalue weighted by Crippen LogP contribution is -2.41. The number of carbonyl (C=O) groups excluding carboxylic acids is 1. The highest BCUT2D eigenvalue weighted by molar-refractivity contribution is 5.97. The van der Waals surface area contributed by atoms with Crippen molar-refractivity contribution in [2.75, 3.05) is 12.3 Å². The van der Waals surface area contributed by atoms with Crippen molar-refractivity contribution in [2.24, 2.45) is 5.73 Å². The maximum absolute atomic E-state index is 13.8. The second-order valence-electron chi connectivity index (χ2n) is 10.4. The van der Waals surface area contributed by atoms with Crippen molar-refractivity contribution in [3.05, 3.63) is 83.1 Å². The molecule has 40 heavy (non-hydrogen) atoms. The minimum Gasteiger partial charge on any atom is -0.457 e. The molecule has 1 saturated heterocycles. The summed E-state index contributed by atoms with van der Waals surface area (Å²) in [6.07, 6.45) is 4.20. The molecule has 2 aromatic heterocycles. The number of nitriles is 1. The molecule has 1 aliphatic rings. The number of carbonyl (C=O) groups is 1. The van der Waals surface area contributed by atoms with E-state index in [1.54, 1.807) is 43.0 Å². The fourth-order valence-electron chi connectivity index (χ4n) is 4.97. The Bertz CT molecular complexity index is 1680. The van der Waals surface area contributed by atoms with Gasteiger partial charge in [0, 0.05) is 18.6 Å². The molecule has 0 bridgehead atoms. The molecular formula is C29H30N8O3. The highest BCUT2D eigenvalue weighted by atomic mass is 16.5. The molecular weight excluding hydrogens is 508 g/mol. The second-order valence-corrected chi connectivity index (χ2v) is 10.4. The Labute approximate surface area is 230 Å². The molecule has 5 rings (SSSR count). The molecule has 4 N–H and O–H groups in total. The molecule has 1 amide bonds. The molecule has 1 aliphatic heterocycles. The summed E-state index contributed by atoms with van der Waals surface area (Å²) in [4.78, 5) is 37.2. The highest BCUT2D eigenvalue weighted by Crippen LogP contribution is 2.27. The first-order valence-corrected chi connectivity index (χ1v) is 12.9. The predicted octanol–water partition coefficient (Wildman–Crippen LogP) is 3.13. The molecule has 0 aliphatic carbocycles. The number of hydrogen-bond donors (Lipinski definition) is 2. The molecule has 0 radical (unpaired) electrons. The molecule has 0 spiro atoms. The van der Waals surface area contributed by atoms with Crippen LogP contribution in [0.5, 0.6) is 11.5 Å². The standard InChI is InChI=1S/C29H30N8O3/c1-29(2,32)15-19(16-30)27(38)35-14-6-7-21(35)17-36-26-24(25(31)33-18-34-26)37(28(36)39)20-10-12-23(13-11-20)40-22-8-4-3-5-9-22/h3-5,8-13,15,18,21H,6-7,14,17,32H2,1-2H3,(H2,31,33,34)/t21-/m0/s1. The smallest absolute Gasteiger partial charge is 0.335 e. The van der Waals surface area contributed by atoms with Crippen LogP contribution in [0.25, 0.3) is 16.9 Å². The molecule has 1 atom stereocenters. The first-order valence-electron chi connectivity index (χ1n) is 12.9. The minimum atomic E-state index is -0.823. The number of nitrogen functional groups attached to an aromatic ring is 1. The summed E-state index contributed by atoms with van der Waals surface area (Å²) in [5.74, 6) is 1.06. The third kappa shape index (κ3) is 5.30. The summed E-state index contributed by atoms with van der Waals surface area (Å²) in [6.45, 7) is 4.10. The van der Waals surface area contributed by atoms with Crippen LogP contribution in [-0.4, -0.2) is 48.0 Å². The summed E-state index contributed by atoms with van der Waals surface area (Å²) in [5, 5.41) is 9.62. The van der Waals surface area contributed by atoms with Crippen molar-refractivity contribution in [1.29, 1.82) is 5.26 Å². The maximum atomic E-state index is 13.8. The van der Waals surface area contributed by atoms with Crippen LogP contribution in [0.4, 0.5) is 5.82 Å². The molecule has 4 aromatic rings. The van der Waals surface area contributed by atoms with Crippen molar-refractivity contribution < 1.29 is 9.53 Å². The molecule has 3 heterocycles. The fraction of sp³-hybridized carbons (Fsp3) is 0.276. The van der Waals surface area contributed by atoms with Gasteiger partial charge in [0.15, 0.2) is 11.5 Å². The van der Waals surface area contributed by atoms with Crippen LogP contribution in [0.2, 0.25) is 0 Å². The van der Waals surface area contributed by atoms with Crippen molar-refractivity contribution in [2.45, 2.75) is 44.8 Å². The van der Waals surface area contributed by atoms with Crippen LogP contribution in [-0.2, 0) is 11.3 Å². The van der Waals surface area contributed by atoms with Crippen molar-refractivity contribution in [3.8, 4) is 23.3 Å². The number of likely N-dealkylation sites (tertiary alicyclic amines) is 1. The Kier molecular flexibility index (Phi) is 7.11. The van der Waals surface area contributed by atoms with E-state index >= 15 is 0 Å². The average Bonchev–Trinajstić information content (AvgIpc) is 3.51. The van der Waals surface area contributed by atoms with E-state index < -0.39 is 11.4 Å². The van der Waals surface area contributed by atoms with Gasteiger partial charge in [0.25, 0.3) is 5.91 Å². The molecule has 204 valence electrons. The second kappa shape index (κ2) is 10.7. The van der Waals surface area contributed by atoms with E-state index in [1.165, 1.54) is 21.5 Å². The van der Waals surface area contributed by atoms with Crippen LogP contribution >= 0.6 is 0 Å². The molecule has 11 nitrogen and oxygen atoms in total. The van der Waals surface area contributed by atoms with Gasteiger partial charge in [-0.3, -0.25) is 13.9 Å². The van der Waals surface area contributed by atoms with Crippen molar-refractivity contribution in [3.63, 3.8) is 0 Å². The van der Waals surface area contributed by atoms with E-state index in [0.29, 0.717) is 41.3 Å². The Morgan fingerprint density at radius 1 is 1.15 bits per heavy atom. The van der Waals surface area contributed by atoms with Gasteiger partial charge in [0.05, 0.1) is 11.7 Å². The Hall–Kier alpha value is -4.95. The lowest BCUT2D eigenvalue weighted by molar-refractivity contribution is -0.127. The summed E-state index contributed by atoms with van der Waals surface area (Å²) >= 11 is 0. The first kappa shape index (κ1) is 26.6. The van der Waals surface area contributed by atoms with Gasteiger partial charge in [-0.25, -0.2) is 14.8 Å². The highest BCUT2D eigenvalue weighted by Gasteiger charge is 2.33. The number of nitrogens with two attached hydrogens (primary N) is 2. The van der Waals surface area contributed by atoms with Gasteiger partial charge in [-0.2, -0.15) is 5.26 Å². The zero-order chi connectivity index (χ0) is 28.4. The van der Waals surface area contributed by atoms with Gasteiger partial charge >= 0.3 is 5.69 Å². The number of anilines is 1. The Balaban J connectivity index is 1.49. The number of rotatable bonds is 7. The van der Waals surface area contributed by atoms with Crippen LogP contribution in [0.3, 0.4) is 0 Å². The Morgan fingerprint density at radius 3 is 2.52 bits per heavy atom. The van der Waals surface area contributed by atoms with E-state index in [-0.39, 0.29) is 29.7 Å². The SMILES string of the molecule is CC(C)(N)C=C(C#N)C(=O)N1CCC[C@H]1Cn1c(=O)n(-c2ccc(Oc3ccccc3)cc2)c2c(N)ncnc21. The van der Waals surface area contributed by atoms with Gasteiger partial charge in [-0.05, 0) is 69.2 Å². The normalized spacial score (nSPS) is 15.8. The van der Waals surface area contributed by atoms with E-state index in [2.05, 4.69) is 9.97 Å². The number of amides is 1. The van der Waals surface area contributed by atoms with Gasteiger partial charge in [0.1, 0.15) is 35.0 Å². The van der Waals surface area contributed by atoms with Gasteiger partial charge < -0.3 is 21.1 Å². The number of ether oxygens (including phenoxy) is 1. The van der Waals surface area contributed by atoms with Crippen LogP contribution in [0.15, 0.2) is 77.4 Å². The van der Waals surface area contributed by atoms with Gasteiger partial charge in [0.2, 0.25) is 0 Å². The summed E-state index contributed by atoms with van der Waals surface area (Å²) in [5.41, 5.74) is 12.4. The zero-order valence-electron chi connectivity index (χ0n) is 22.3. The molecule has 2 aromatic carbocycles. The maximum Gasteiger partial charge on any atom is 0.335 e. The number of imidazole rings is 1. The van der Waals surface area contributed by atoms with Crippen molar-refractivity contribution >= 4 is 22.9 Å². The number of benzene rings is 2. The molecule has 0 unspecified atom stereocenters.